The molecule has 0 fully saturated rings. The van der Waals surface area contributed by atoms with E-state index in [-0.39, 0.29) is 23.4 Å². The van der Waals surface area contributed by atoms with Gasteiger partial charge in [0.05, 0.1) is 17.9 Å². The van der Waals surface area contributed by atoms with Gasteiger partial charge in [0.25, 0.3) is 11.8 Å². The van der Waals surface area contributed by atoms with E-state index >= 15 is 0 Å². The van der Waals surface area contributed by atoms with Crippen LogP contribution in [0.25, 0.3) is 0 Å². The highest BCUT2D eigenvalue weighted by atomic mass is 19.3. The van der Waals surface area contributed by atoms with Crippen molar-refractivity contribution >= 4 is 17.5 Å². The van der Waals surface area contributed by atoms with Crippen molar-refractivity contribution in [2.45, 2.75) is 19.0 Å². The molecular weight excluding hydrogens is 368 g/mol. The van der Waals surface area contributed by atoms with E-state index in [1.165, 1.54) is 36.4 Å². The predicted octanol–water partition coefficient (Wildman–Crippen LogP) is 3.45. The lowest BCUT2D eigenvalue weighted by molar-refractivity contribution is -0.168. The molecule has 27 heavy (non-hydrogen) atoms. The highest BCUT2D eigenvalue weighted by molar-refractivity contribution is 6.08. The fourth-order valence-corrected chi connectivity index (χ4v) is 2.17. The predicted molar refractivity (Wildman–Crippen MR) is 90.0 cm³/mol. The van der Waals surface area contributed by atoms with E-state index in [4.69, 9.17) is 5.73 Å². The Hall–Kier alpha value is -2.94. The number of nitrogens with two attached hydrogens (primary N) is 1. The van der Waals surface area contributed by atoms with Crippen LogP contribution in [0.1, 0.15) is 26.3 Å². The molecule has 0 atom stereocenters. The number of hydrogen-bond donors (Lipinski definition) is 2. The largest absolute Gasteiger partial charge is 0.370 e. The lowest BCUT2D eigenvalue weighted by Gasteiger charge is -2.15. The first kappa shape index (κ1) is 20.4. The summed E-state index contributed by atoms with van der Waals surface area (Å²) in [6.45, 7) is -1.81. The highest BCUT2D eigenvalue weighted by Gasteiger charge is 2.40. The number of benzene rings is 2. The number of amides is 2. The highest BCUT2D eigenvalue weighted by Crippen LogP contribution is 2.23. The SMILES string of the molecule is NC(=O)c1ccccc1NC(=O)c1cccc(COCC(F)(F)C(F)F)c1. The summed E-state index contributed by atoms with van der Waals surface area (Å²) in [5, 5.41) is 2.53. The van der Waals surface area contributed by atoms with E-state index < -0.39 is 30.8 Å². The topological polar surface area (TPSA) is 81.4 Å². The van der Waals surface area contributed by atoms with Gasteiger partial charge in [-0.25, -0.2) is 8.78 Å². The van der Waals surface area contributed by atoms with Crippen LogP contribution in [0, 0.1) is 0 Å². The van der Waals surface area contributed by atoms with Crippen LogP contribution in [0.4, 0.5) is 23.2 Å². The number of primary amides is 1. The van der Waals surface area contributed by atoms with Gasteiger partial charge in [0.15, 0.2) is 0 Å². The number of rotatable bonds is 8. The summed E-state index contributed by atoms with van der Waals surface area (Å²) in [6.07, 6.45) is -3.82. The van der Waals surface area contributed by atoms with Gasteiger partial charge in [0.2, 0.25) is 0 Å². The summed E-state index contributed by atoms with van der Waals surface area (Å²) in [7, 11) is 0. The maximum Gasteiger partial charge on any atom is 0.330 e. The number of carbonyl (C=O) groups is 2. The molecule has 0 heterocycles. The van der Waals surface area contributed by atoms with Gasteiger partial charge >= 0.3 is 12.3 Å². The Morgan fingerprint density at radius 3 is 2.48 bits per heavy atom. The average molecular weight is 384 g/mol. The smallest absolute Gasteiger partial charge is 0.330 e. The summed E-state index contributed by atoms with van der Waals surface area (Å²) in [4.78, 5) is 23.7. The van der Waals surface area contributed by atoms with Crippen LogP contribution in [0.5, 0.6) is 0 Å². The minimum Gasteiger partial charge on any atom is -0.370 e. The quantitative estimate of drug-likeness (QED) is 0.684. The van der Waals surface area contributed by atoms with Gasteiger partial charge in [-0.2, -0.15) is 8.78 Å². The number of ether oxygens (including phenoxy) is 1. The fourth-order valence-electron chi connectivity index (χ4n) is 2.17. The van der Waals surface area contributed by atoms with Gasteiger partial charge in [-0.1, -0.05) is 24.3 Å². The van der Waals surface area contributed by atoms with Crippen molar-refractivity contribution in [2.24, 2.45) is 5.73 Å². The molecule has 2 rings (SSSR count). The monoisotopic (exact) mass is 384 g/mol. The third-order valence-electron chi connectivity index (χ3n) is 3.51. The van der Waals surface area contributed by atoms with Crippen molar-refractivity contribution in [3.05, 3.63) is 65.2 Å². The second-order valence-corrected chi connectivity index (χ2v) is 5.62. The number of hydrogen-bond acceptors (Lipinski definition) is 3. The van der Waals surface area contributed by atoms with E-state index in [2.05, 4.69) is 10.1 Å². The first-order chi connectivity index (χ1) is 12.7. The molecule has 0 bridgehead atoms. The Morgan fingerprint density at radius 2 is 1.81 bits per heavy atom. The molecule has 0 spiro atoms. The van der Waals surface area contributed by atoms with Gasteiger partial charge < -0.3 is 15.8 Å². The molecule has 0 aliphatic carbocycles. The lowest BCUT2D eigenvalue weighted by atomic mass is 10.1. The van der Waals surface area contributed by atoms with Gasteiger partial charge in [-0.05, 0) is 29.8 Å². The van der Waals surface area contributed by atoms with Crippen molar-refractivity contribution in [1.82, 2.24) is 0 Å². The van der Waals surface area contributed by atoms with E-state index in [0.29, 0.717) is 5.56 Å². The molecule has 5 nitrogen and oxygen atoms in total. The lowest BCUT2D eigenvalue weighted by Crippen LogP contribution is -2.32. The van der Waals surface area contributed by atoms with Crippen molar-refractivity contribution in [2.75, 3.05) is 11.9 Å². The molecule has 0 saturated heterocycles. The molecule has 0 unspecified atom stereocenters. The molecular formula is C18H16F4N2O3. The van der Waals surface area contributed by atoms with Crippen molar-refractivity contribution in [1.29, 1.82) is 0 Å². The van der Waals surface area contributed by atoms with Crippen LogP contribution in [0.2, 0.25) is 0 Å². The molecule has 144 valence electrons. The summed E-state index contributed by atoms with van der Waals surface area (Å²) >= 11 is 0. The molecule has 3 N–H and O–H groups in total. The third kappa shape index (κ3) is 5.52. The van der Waals surface area contributed by atoms with E-state index in [1.807, 2.05) is 0 Å². The fraction of sp³-hybridized carbons (Fsp3) is 0.222. The van der Waals surface area contributed by atoms with Crippen LogP contribution in [0.3, 0.4) is 0 Å². The Morgan fingerprint density at radius 1 is 1.11 bits per heavy atom. The Bertz CT molecular complexity index is 828. The Balaban J connectivity index is 2.05. The maximum atomic E-state index is 12.8. The van der Waals surface area contributed by atoms with Crippen LogP contribution in [-0.4, -0.2) is 30.8 Å². The van der Waals surface area contributed by atoms with Crippen molar-refractivity contribution in [3.8, 4) is 0 Å². The van der Waals surface area contributed by atoms with Crippen molar-refractivity contribution < 1.29 is 31.9 Å². The maximum absolute atomic E-state index is 12.8. The van der Waals surface area contributed by atoms with Gasteiger partial charge in [0.1, 0.15) is 6.61 Å². The molecule has 0 aliphatic rings. The van der Waals surface area contributed by atoms with E-state index in [1.54, 1.807) is 12.1 Å². The molecule has 0 aromatic heterocycles. The number of halogens is 4. The first-order valence-corrected chi connectivity index (χ1v) is 7.73. The number of nitrogens with one attached hydrogen (secondary N) is 1. The van der Waals surface area contributed by atoms with E-state index in [9.17, 15) is 27.2 Å². The molecule has 2 aromatic carbocycles. The second-order valence-electron chi connectivity index (χ2n) is 5.62. The summed E-state index contributed by atoms with van der Waals surface area (Å²) < 4.78 is 54.5. The molecule has 9 heteroatoms. The van der Waals surface area contributed by atoms with Crippen LogP contribution in [-0.2, 0) is 11.3 Å². The third-order valence-corrected chi connectivity index (χ3v) is 3.51. The van der Waals surface area contributed by atoms with Crippen LogP contribution < -0.4 is 11.1 Å². The number of carbonyl (C=O) groups excluding carboxylic acids is 2. The van der Waals surface area contributed by atoms with Gasteiger partial charge in [-0.15, -0.1) is 0 Å². The van der Waals surface area contributed by atoms with Gasteiger partial charge in [-0.3, -0.25) is 9.59 Å². The standard InChI is InChI=1S/C18H16F4N2O3/c19-17(20)18(21,22)10-27-9-11-4-3-5-12(8-11)16(26)24-14-7-2-1-6-13(14)15(23)25/h1-8,17H,9-10H2,(H2,23,25)(H,24,26). The molecule has 2 aromatic rings. The van der Waals surface area contributed by atoms with Crippen molar-refractivity contribution in [3.63, 3.8) is 0 Å². The molecule has 0 aliphatic heterocycles. The van der Waals surface area contributed by atoms with Gasteiger partial charge in [0, 0.05) is 5.56 Å². The molecule has 0 radical (unpaired) electrons. The number of anilines is 1. The number of para-hydroxylation sites is 1. The summed E-state index contributed by atoms with van der Waals surface area (Å²) in [5.41, 5.74) is 6.09. The summed E-state index contributed by atoms with van der Waals surface area (Å²) in [5.74, 6) is -5.52. The first-order valence-electron chi connectivity index (χ1n) is 7.73. The minimum atomic E-state index is -4.24. The van der Waals surface area contributed by atoms with Crippen LogP contribution in [0.15, 0.2) is 48.5 Å². The Kier molecular flexibility index (Phi) is 6.51. The molecule has 2 amide bonds. The molecule has 0 saturated carbocycles. The van der Waals surface area contributed by atoms with E-state index in [0.717, 1.165) is 0 Å². The average Bonchev–Trinajstić information content (AvgIpc) is 2.62. The zero-order chi connectivity index (χ0) is 20.0. The number of alkyl halides is 4. The van der Waals surface area contributed by atoms with Crippen LogP contribution >= 0.6 is 0 Å². The Labute approximate surface area is 152 Å². The normalized spacial score (nSPS) is 11.4. The zero-order valence-electron chi connectivity index (χ0n) is 13.9. The second kappa shape index (κ2) is 8.63. The summed E-state index contributed by atoms with van der Waals surface area (Å²) in [6, 6.07) is 11.9. The minimum absolute atomic E-state index is 0.125. The zero-order valence-corrected chi connectivity index (χ0v) is 13.9.